The molecule has 0 aromatic carbocycles. The highest BCUT2D eigenvalue weighted by Crippen LogP contribution is 2.21. The molecule has 3 heteroatoms. The summed E-state index contributed by atoms with van der Waals surface area (Å²) in [6.45, 7) is 11.0. The molecular formula is C11H20FNO. The van der Waals surface area contributed by atoms with Gasteiger partial charge < -0.3 is 4.74 Å². The molecule has 82 valence electrons. The van der Waals surface area contributed by atoms with Crippen LogP contribution in [0.1, 0.15) is 20.8 Å². The SMILES string of the molecule is C=C[C@]1(F)CO[C@H](C)CN(C(C)C)C1. The van der Waals surface area contributed by atoms with E-state index < -0.39 is 5.67 Å². The zero-order valence-electron chi connectivity index (χ0n) is 9.29. The van der Waals surface area contributed by atoms with Gasteiger partial charge in [-0.1, -0.05) is 12.7 Å². The van der Waals surface area contributed by atoms with Crippen LogP contribution < -0.4 is 0 Å². The Morgan fingerprint density at radius 2 is 2.29 bits per heavy atom. The number of halogens is 1. The number of alkyl halides is 1. The maximum absolute atomic E-state index is 14.1. The van der Waals surface area contributed by atoms with Crippen LogP contribution >= 0.6 is 0 Å². The molecule has 14 heavy (non-hydrogen) atoms. The minimum Gasteiger partial charge on any atom is -0.373 e. The zero-order valence-corrected chi connectivity index (χ0v) is 9.29. The Labute approximate surface area is 85.7 Å². The number of hydrogen-bond acceptors (Lipinski definition) is 2. The summed E-state index contributed by atoms with van der Waals surface area (Å²) in [6, 6.07) is 0.342. The third kappa shape index (κ3) is 2.79. The van der Waals surface area contributed by atoms with Gasteiger partial charge in [0.1, 0.15) is 0 Å². The van der Waals surface area contributed by atoms with Crippen LogP contribution in [0.4, 0.5) is 4.39 Å². The smallest absolute Gasteiger partial charge is 0.164 e. The molecule has 1 fully saturated rings. The molecule has 0 aliphatic carbocycles. The van der Waals surface area contributed by atoms with Gasteiger partial charge in [0.25, 0.3) is 0 Å². The lowest BCUT2D eigenvalue weighted by Crippen LogP contribution is -2.43. The minimum absolute atomic E-state index is 0.0926. The molecule has 1 saturated heterocycles. The molecule has 0 N–H and O–H groups in total. The van der Waals surface area contributed by atoms with Crippen LogP contribution in [0.5, 0.6) is 0 Å². The average molecular weight is 201 g/mol. The highest BCUT2D eigenvalue weighted by atomic mass is 19.1. The van der Waals surface area contributed by atoms with E-state index >= 15 is 0 Å². The van der Waals surface area contributed by atoms with Crippen LogP contribution in [-0.4, -0.2) is 42.4 Å². The van der Waals surface area contributed by atoms with E-state index in [0.717, 1.165) is 6.54 Å². The van der Waals surface area contributed by atoms with Gasteiger partial charge in [-0.05, 0) is 20.8 Å². The normalized spacial score (nSPS) is 35.6. The summed E-state index contributed by atoms with van der Waals surface area (Å²) in [5.74, 6) is 0. The van der Waals surface area contributed by atoms with Gasteiger partial charge in [-0.15, -0.1) is 0 Å². The van der Waals surface area contributed by atoms with Crippen molar-refractivity contribution < 1.29 is 9.13 Å². The van der Waals surface area contributed by atoms with Crippen molar-refractivity contribution in [2.24, 2.45) is 0 Å². The van der Waals surface area contributed by atoms with Gasteiger partial charge in [0, 0.05) is 19.1 Å². The van der Waals surface area contributed by atoms with Gasteiger partial charge >= 0.3 is 0 Å². The molecule has 2 atom stereocenters. The summed E-state index contributed by atoms with van der Waals surface area (Å²) in [6.07, 6.45) is 1.45. The standard InChI is InChI=1S/C11H20FNO/c1-5-11(12)7-13(9(2)3)6-10(4)14-8-11/h5,9-10H,1,6-8H2,2-4H3/t10-,11-/m1/s1. The highest BCUT2D eigenvalue weighted by molar-refractivity contribution is 5.00. The summed E-state index contributed by atoms with van der Waals surface area (Å²) >= 11 is 0. The van der Waals surface area contributed by atoms with Gasteiger partial charge in [-0.2, -0.15) is 0 Å². The van der Waals surface area contributed by atoms with Crippen LogP contribution in [0.25, 0.3) is 0 Å². The van der Waals surface area contributed by atoms with Gasteiger partial charge in [-0.3, -0.25) is 4.90 Å². The molecule has 0 bridgehead atoms. The van der Waals surface area contributed by atoms with Crippen LogP contribution in [0, 0.1) is 0 Å². The fourth-order valence-corrected chi connectivity index (χ4v) is 1.63. The first-order chi connectivity index (χ1) is 6.47. The number of hydrogen-bond donors (Lipinski definition) is 0. The monoisotopic (exact) mass is 201 g/mol. The molecule has 0 saturated carbocycles. The highest BCUT2D eigenvalue weighted by Gasteiger charge is 2.34. The summed E-state index contributed by atoms with van der Waals surface area (Å²) in [7, 11) is 0. The van der Waals surface area contributed by atoms with Crippen molar-refractivity contribution in [1.82, 2.24) is 4.90 Å². The Morgan fingerprint density at radius 1 is 1.64 bits per heavy atom. The molecule has 0 radical (unpaired) electrons. The van der Waals surface area contributed by atoms with Crippen LogP contribution in [0.15, 0.2) is 12.7 Å². The molecule has 1 aliphatic rings. The van der Waals surface area contributed by atoms with Crippen molar-refractivity contribution >= 4 is 0 Å². The first-order valence-corrected chi connectivity index (χ1v) is 5.15. The molecule has 2 nitrogen and oxygen atoms in total. The lowest BCUT2D eigenvalue weighted by Gasteiger charge is -2.29. The molecule has 0 spiro atoms. The van der Waals surface area contributed by atoms with Crippen LogP contribution in [0.3, 0.4) is 0 Å². The van der Waals surface area contributed by atoms with Gasteiger partial charge in [-0.25, -0.2) is 4.39 Å². The molecule has 0 aromatic rings. The topological polar surface area (TPSA) is 12.5 Å². The molecule has 0 amide bonds. The summed E-state index contributed by atoms with van der Waals surface area (Å²) < 4.78 is 19.5. The third-order valence-corrected chi connectivity index (χ3v) is 2.66. The van der Waals surface area contributed by atoms with Crippen LogP contribution in [0.2, 0.25) is 0 Å². The average Bonchev–Trinajstić information content (AvgIpc) is 2.27. The van der Waals surface area contributed by atoms with E-state index in [4.69, 9.17) is 4.74 Å². The van der Waals surface area contributed by atoms with E-state index in [9.17, 15) is 4.39 Å². The fourth-order valence-electron chi connectivity index (χ4n) is 1.63. The van der Waals surface area contributed by atoms with Gasteiger partial charge in [0.05, 0.1) is 12.7 Å². The molecule has 0 aromatic heterocycles. The molecule has 0 unspecified atom stereocenters. The second-order valence-electron chi connectivity index (χ2n) is 4.38. The first kappa shape index (κ1) is 11.7. The second kappa shape index (κ2) is 4.41. The second-order valence-corrected chi connectivity index (χ2v) is 4.38. The Hall–Kier alpha value is -0.410. The molecule has 1 rings (SSSR count). The number of rotatable bonds is 2. The summed E-state index contributed by atoms with van der Waals surface area (Å²) in [5.41, 5.74) is -1.39. The Kier molecular flexibility index (Phi) is 3.67. The number of ether oxygens (including phenoxy) is 1. The van der Waals surface area contributed by atoms with E-state index in [1.807, 2.05) is 6.92 Å². The van der Waals surface area contributed by atoms with Crippen molar-refractivity contribution in [1.29, 1.82) is 0 Å². The fraction of sp³-hybridized carbons (Fsp3) is 0.818. The van der Waals surface area contributed by atoms with E-state index in [1.165, 1.54) is 6.08 Å². The predicted molar refractivity (Wildman–Crippen MR) is 56.2 cm³/mol. The third-order valence-electron chi connectivity index (χ3n) is 2.66. The van der Waals surface area contributed by atoms with Gasteiger partial charge in [0.2, 0.25) is 0 Å². The van der Waals surface area contributed by atoms with E-state index in [2.05, 4.69) is 25.3 Å². The zero-order chi connectivity index (χ0) is 10.8. The van der Waals surface area contributed by atoms with E-state index in [1.54, 1.807) is 0 Å². The Morgan fingerprint density at radius 3 is 2.79 bits per heavy atom. The van der Waals surface area contributed by atoms with Crippen molar-refractivity contribution in [3.05, 3.63) is 12.7 Å². The molecule has 1 aliphatic heterocycles. The molecule has 1 heterocycles. The van der Waals surface area contributed by atoms with Crippen molar-refractivity contribution in [2.75, 3.05) is 19.7 Å². The molecular weight excluding hydrogens is 181 g/mol. The Balaban J connectivity index is 2.73. The lowest BCUT2D eigenvalue weighted by atomic mass is 10.1. The number of nitrogens with zero attached hydrogens (tertiary/aromatic N) is 1. The summed E-state index contributed by atoms with van der Waals surface area (Å²) in [5, 5.41) is 0. The maximum Gasteiger partial charge on any atom is 0.164 e. The van der Waals surface area contributed by atoms with E-state index in [0.29, 0.717) is 12.6 Å². The predicted octanol–water partition coefficient (Wildman–Crippen LogP) is 2.01. The lowest BCUT2D eigenvalue weighted by molar-refractivity contribution is 0.0246. The van der Waals surface area contributed by atoms with Gasteiger partial charge in [0.15, 0.2) is 5.67 Å². The Bertz CT molecular complexity index is 207. The largest absolute Gasteiger partial charge is 0.373 e. The van der Waals surface area contributed by atoms with Crippen molar-refractivity contribution in [2.45, 2.75) is 38.6 Å². The van der Waals surface area contributed by atoms with Crippen LogP contribution in [-0.2, 0) is 4.74 Å². The van der Waals surface area contributed by atoms with Crippen molar-refractivity contribution in [3.63, 3.8) is 0 Å². The minimum atomic E-state index is -1.39. The quantitative estimate of drug-likeness (QED) is 0.634. The van der Waals surface area contributed by atoms with E-state index in [-0.39, 0.29) is 12.7 Å². The maximum atomic E-state index is 14.1. The van der Waals surface area contributed by atoms with Crippen molar-refractivity contribution in [3.8, 4) is 0 Å². The summed E-state index contributed by atoms with van der Waals surface area (Å²) in [4.78, 5) is 2.10. The first-order valence-electron chi connectivity index (χ1n) is 5.15.